The Bertz CT molecular complexity index is 556. The van der Waals surface area contributed by atoms with Gasteiger partial charge < -0.3 is 15.4 Å². The zero-order valence-corrected chi connectivity index (χ0v) is 13.5. The first-order chi connectivity index (χ1) is 10.8. The lowest BCUT2D eigenvalue weighted by atomic mass is 10.0. The number of rotatable bonds is 8. The maximum atomic E-state index is 6.07. The highest BCUT2D eigenvalue weighted by Gasteiger charge is 2.19. The molecule has 1 atom stereocenters. The summed E-state index contributed by atoms with van der Waals surface area (Å²) in [6.45, 7) is 3.46. The van der Waals surface area contributed by atoms with Gasteiger partial charge in [0.05, 0.1) is 12.6 Å². The molecule has 0 aliphatic carbocycles. The topological polar surface area (TPSA) is 38.5 Å². The maximum absolute atomic E-state index is 6.07. The van der Waals surface area contributed by atoms with Crippen LogP contribution in [0.2, 0.25) is 0 Å². The van der Waals surface area contributed by atoms with Crippen molar-refractivity contribution in [3.8, 4) is 5.75 Å². The van der Waals surface area contributed by atoms with E-state index in [0.717, 1.165) is 36.4 Å². The monoisotopic (exact) mass is 298 g/mol. The average Bonchev–Trinajstić information content (AvgIpc) is 2.58. The van der Waals surface area contributed by atoms with Gasteiger partial charge in [0.15, 0.2) is 0 Å². The highest BCUT2D eigenvalue weighted by Crippen LogP contribution is 2.31. The van der Waals surface area contributed by atoms with E-state index in [1.807, 2.05) is 36.4 Å². The molecule has 0 spiro atoms. The average molecular weight is 298 g/mol. The number of benzene rings is 2. The molecule has 0 aliphatic rings. The van der Waals surface area contributed by atoms with Crippen LogP contribution in [0.15, 0.2) is 54.6 Å². The second-order valence-electron chi connectivity index (χ2n) is 5.44. The molecule has 1 unspecified atom stereocenters. The van der Waals surface area contributed by atoms with Crippen LogP contribution in [0.1, 0.15) is 31.4 Å². The van der Waals surface area contributed by atoms with Crippen LogP contribution in [0.3, 0.4) is 0 Å². The van der Waals surface area contributed by atoms with E-state index in [2.05, 4.69) is 37.1 Å². The van der Waals surface area contributed by atoms with Crippen LogP contribution >= 0.6 is 0 Å². The fraction of sp³-hybridized carbons (Fsp3) is 0.368. The van der Waals surface area contributed by atoms with Crippen LogP contribution in [-0.2, 0) is 0 Å². The fourth-order valence-corrected chi connectivity index (χ4v) is 2.55. The standard InChI is InChI=1S/C19H26N2O/c1-3-4-14-22-19-13-9-8-12-17(19)18(15-20)21(2)16-10-6-5-7-11-16/h5-13,18H,3-4,14-15,20H2,1-2H3. The summed E-state index contributed by atoms with van der Waals surface area (Å²) in [5, 5.41) is 0. The van der Waals surface area contributed by atoms with Crippen LogP contribution in [0.5, 0.6) is 5.75 Å². The lowest BCUT2D eigenvalue weighted by Crippen LogP contribution is -2.30. The Kier molecular flexibility index (Phi) is 6.28. The molecule has 118 valence electrons. The molecule has 3 heteroatoms. The molecule has 2 aromatic carbocycles. The van der Waals surface area contributed by atoms with E-state index < -0.39 is 0 Å². The normalized spacial score (nSPS) is 12.0. The SMILES string of the molecule is CCCCOc1ccccc1C(CN)N(C)c1ccccc1. The zero-order valence-electron chi connectivity index (χ0n) is 13.5. The van der Waals surface area contributed by atoms with E-state index in [1.165, 1.54) is 0 Å². The highest BCUT2D eigenvalue weighted by molar-refractivity contribution is 5.50. The number of hydrogen-bond donors (Lipinski definition) is 1. The van der Waals surface area contributed by atoms with Gasteiger partial charge in [-0.25, -0.2) is 0 Å². The van der Waals surface area contributed by atoms with Gasteiger partial charge in [0.1, 0.15) is 5.75 Å². The van der Waals surface area contributed by atoms with Crippen LogP contribution < -0.4 is 15.4 Å². The summed E-state index contributed by atoms with van der Waals surface area (Å²) in [6, 6.07) is 18.6. The first-order valence-electron chi connectivity index (χ1n) is 7.97. The lowest BCUT2D eigenvalue weighted by Gasteiger charge is -2.30. The van der Waals surface area contributed by atoms with Crippen molar-refractivity contribution in [2.75, 3.05) is 25.1 Å². The summed E-state index contributed by atoms with van der Waals surface area (Å²) in [6.07, 6.45) is 2.20. The molecule has 0 bridgehead atoms. The molecule has 0 aromatic heterocycles. The minimum absolute atomic E-state index is 0.0974. The van der Waals surface area contributed by atoms with Gasteiger partial charge >= 0.3 is 0 Å². The number of unbranched alkanes of at least 4 members (excludes halogenated alkanes) is 1. The Morgan fingerprint density at radius 1 is 1.05 bits per heavy atom. The minimum atomic E-state index is 0.0974. The maximum Gasteiger partial charge on any atom is 0.124 e. The van der Waals surface area contributed by atoms with Gasteiger partial charge in [0.25, 0.3) is 0 Å². The predicted octanol–water partition coefficient (Wildman–Crippen LogP) is 4.00. The molecule has 22 heavy (non-hydrogen) atoms. The highest BCUT2D eigenvalue weighted by atomic mass is 16.5. The number of nitrogens with zero attached hydrogens (tertiary/aromatic N) is 1. The molecule has 0 saturated heterocycles. The molecule has 2 N–H and O–H groups in total. The smallest absolute Gasteiger partial charge is 0.124 e. The Morgan fingerprint density at radius 3 is 2.41 bits per heavy atom. The number of nitrogens with two attached hydrogens (primary N) is 1. The Morgan fingerprint density at radius 2 is 1.73 bits per heavy atom. The Hall–Kier alpha value is -2.00. The van der Waals surface area contributed by atoms with Gasteiger partial charge in [0.2, 0.25) is 0 Å². The molecule has 0 saturated carbocycles. The van der Waals surface area contributed by atoms with E-state index in [4.69, 9.17) is 10.5 Å². The molecule has 2 aromatic rings. The van der Waals surface area contributed by atoms with Gasteiger partial charge in [-0.3, -0.25) is 0 Å². The molecule has 3 nitrogen and oxygen atoms in total. The summed E-state index contributed by atoms with van der Waals surface area (Å²) in [4.78, 5) is 2.21. The molecule has 0 fully saturated rings. The quantitative estimate of drug-likeness (QED) is 0.749. The first-order valence-corrected chi connectivity index (χ1v) is 7.97. The van der Waals surface area contributed by atoms with Crippen molar-refractivity contribution in [2.45, 2.75) is 25.8 Å². The van der Waals surface area contributed by atoms with Crippen molar-refractivity contribution in [2.24, 2.45) is 5.73 Å². The van der Waals surface area contributed by atoms with Crippen molar-refractivity contribution in [3.63, 3.8) is 0 Å². The molecule has 2 rings (SSSR count). The van der Waals surface area contributed by atoms with Gasteiger partial charge in [0, 0.05) is 24.8 Å². The molecule has 0 amide bonds. The van der Waals surface area contributed by atoms with Gasteiger partial charge in [-0.05, 0) is 24.6 Å². The second-order valence-corrected chi connectivity index (χ2v) is 5.44. The van der Waals surface area contributed by atoms with E-state index >= 15 is 0 Å². The van der Waals surface area contributed by atoms with E-state index in [9.17, 15) is 0 Å². The molecular weight excluding hydrogens is 272 g/mol. The summed E-state index contributed by atoms with van der Waals surface area (Å²) in [7, 11) is 2.08. The molecule has 0 aliphatic heterocycles. The van der Waals surface area contributed by atoms with E-state index in [1.54, 1.807) is 0 Å². The van der Waals surface area contributed by atoms with Gasteiger partial charge in [-0.1, -0.05) is 49.7 Å². The summed E-state index contributed by atoms with van der Waals surface area (Å²) in [5.74, 6) is 0.939. The van der Waals surface area contributed by atoms with Crippen molar-refractivity contribution < 1.29 is 4.74 Å². The van der Waals surface area contributed by atoms with Crippen molar-refractivity contribution in [3.05, 3.63) is 60.2 Å². The number of para-hydroxylation sites is 2. The molecular formula is C19H26N2O. The number of anilines is 1. The van der Waals surface area contributed by atoms with Crippen molar-refractivity contribution in [1.82, 2.24) is 0 Å². The first kappa shape index (κ1) is 16.4. The minimum Gasteiger partial charge on any atom is -0.493 e. The van der Waals surface area contributed by atoms with Gasteiger partial charge in [-0.15, -0.1) is 0 Å². The van der Waals surface area contributed by atoms with Crippen molar-refractivity contribution in [1.29, 1.82) is 0 Å². The number of likely N-dealkylation sites (N-methyl/N-ethyl adjacent to an activating group) is 1. The van der Waals surface area contributed by atoms with E-state index in [-0.39, 0.29) is 6.04 Å². The third-order valence-corrected chi connectivity index (χ3v) is 3.89. The molecule has 0 heterocycles. The molecule has 0 radical (unpaired) electrons. The Balaban J connectivity index is 2.23. The largest absolute Gasteiger partial charge is 0.493 e. The second kappa shape index (κ2) is 8.44. The van der Waals surface area contributed by atoms with Crippen LogP contribution in [0.25, 0.3) is 0 Å². The van der Waals surface area contributed by atoms with Crippen LogP contribution in [0, 0.1) is 0 Å². The third-order valence-electron chi connectivity index (χ3n) is 3.89. The summed E-state index contributed by atoms with van der Waals surface area (Å²) >= 11 is 0. The lowest BCUT2D eigenvalue weighted by molar-refractivity contribution is 0.304. The van der Waals surface area contributed by atoms with Crippen LogP contribution in [-0.4, -0.2) is 20.2 Å². The number of hydrogen-bond acceptors (Lipinski definition) is 3. The fourth-order valence-electron chi connectivity index (χ4n) is 2.55. The Labute approximate surface area is 133 Å². The van der Waals surface area contributed by atoms with Crippen molar-refractivity contribution >= 4 is 5.69 Å². The number of ether oxygens (including phenoxy) is 1. The zero-order chi connectivity index (χ0) is 15.8. The third kappa shape index (κ3) is 4.01. The summed E-state index contributed by atoms with van der Waals surface area (Å²) < 4.78 is 5.96. The predicted molar refractivity (Wildman–Crippen MR) is 93.5 cm³/mol. The van der Waals surface area contributed by atoms with Gasteiger partial charge in [-0.2, -0.15) is 0 Å². The van der Waals surface area contributed by atoms with E-state index in [0.29, 0.717) is 6.54 Å². The van der Waals surface area contributed by atoms with Crippen LogP contribution in [0.4, 0.5) is 5.69 Å². The summed E-state index contributed by atoms with van der Waals surface area (Å²) in [5.41, 5.74) is 8.37.